The molecule has 0 N–H and O–H groups in total. The molecule has 0 spiro atoms. The molecule has 1 heterocycles. The minimum absolute atomic E-state index is 0.774. The third-order valence-corrected chi connectivity index (χ3v) is 4.73. The van der Waals surface area contributed by atoms with Gasteiger partial charge in [0.2, 0.25) is 0 Å². The molecule has 0 saturated carbocycles. The van der Waals surface area contributed by atoms with E-state index in [-0.39, 0.29) is 0 Å². The van der Waals surface area contributed by atoms with Gasteiger partial charge in [0.1, 0.15) is 0 Å². The van der Waals surface area contributed by atoms with Crippen molar-refractivity contribution in [2.45, 2.75) is 0 Å². The van der Waals surface area contributed by atoms with E-state index in [1.807, 2.05) is 12.1 Å². The van der Waals surface area contributed by atoms with Crippen LogP contribution < -0.4 is 0 Å². The van der Waals surface area contributed by atoms with E-state index in [0.29, 0.717) is 0 Å². The Bertz CT molecular complexity index is 904. The SMILES string of the molecule is Clc1ccc(-c2c3ccccc3cc3sccc23)cc1. The molecule has 0 unspecified atom stereocenters. The van der Waals surface area contributed by atoms with Crippen molar-refractivity contribution in [1.82, 2.24) is 0 Å². The Kier molecular flexibility index (Phi) is 2.76. The van der Waals surface area contributed by atoms with Gasteiger partial charge in [-0.3, -0.25) is 0 Å². The molecule has 0 bridgehead atoms. The highest BCUT2D eigenvalue weighted by atomic mass is 35.5. The van der Waals surface area contributed by atoms with Gasteiger partial charge in [-0.05, 0) is 51.5 Å². The van der Waals surface area contributed by atoms with E-state index in [1.165, 1.54) is 32.0 Å². The lowest BCUT2D eigenvalue weighted by Gasteiger charge is -2.09. The monoisotopic (exact) mass is 294 g/mol. The molecule has 1 aromatic heterocycles. The van der Waals surface area contributed by atoms with Gasteiger partial charge < -0.3 is 0 Å². The minimum Gasteiger partial charge on any atom is -0.144 e. The Hall–Kier alpha value is -1.83. The van der Waals surface area contributed by atoms with E-state index in [0.717, 1.165) is 5.02 Å². The van der Waals surface area contributed by atoms with Gasteiger partial charge in [-0.25, -0.2) is 0 Å². The summed E-state index contributed by atoms with van der Waals surface area (Å²) < 4.78 is 1.33. The minimum atomic E-state index is 0.774. The molecule has 0 aliphatic rings. The van der Waals surface area contributed by atoms with Gasteiger partial charge in [-0.2, -0.15) is 0 Å². The van der Waals surface area contributed by atoms with Crippen LogP contribution in [0.25, 0.3) is 32.0 Å². The maximum absolute atomic E-state index is 6.02. The zero-order valence-electron chi connectivity index (χ0n) is 10.6. The fourth-order valence-electron chi connectivity index (χ4n) is 2.70. The van der Waals surface area contributed by atoms with Crippen LogP contribution in [0.4, 0.5) is 0 Å². The molecular weight excluding hydrogens is 284 g/mol. The number of benzene rings is 3. The molecule has 0 saturated heterocycles. The highest BCUT2D eigenvalue weighted by molar-refractivity contribution is 7.17. The first-order valence-electron chi connectivity index (χ1n) is 6.48. The summed E-state index contributed by atoms with van der Waals surface area (Å²) in [5.41, 5.74) is 2.52. The summed E-state index contributed by atoms with van der Waals surface area (Å²) in [6, 6.07) is 21.1. The maximum Gasteiger partial charge on any atom is 0.0406 e. The van der Waals surface area contributed by atoms with Crippen molar-refractivity contribution in [3.63, 3.8) is 0 Å². The maximum atomic E-state index is 6.02. The zero-order chi connectivity index (χ0) is 13.5. The van der Waals surface area contributed by atoms with Crippen molar-refractivity contribution in [1.29, 1.82) is 0 Å². The first-order chi connectivity index (χ1) is 9.83. The Morgan fingerprint density at radius 1 is 0.800 bits per heavy atom. The van der Waals surface area contributed by atoms with Crippen LogP contribution in [0.3, 0.4) is 0 Å². The van der Waals surface area contributed by atoms with Gasteiger partial charge in [0, 0.05) is 15.1 Å². The molecule has 2 heteroatoms. The fraction of sp³-hybridized carbons (Fsp3) is 0. The molecule has 0 nitrogen and oxygen atoms in total. The summed E-state index contributed by atoms with van der Waals surface area (Å²) in [6.45, 7) is 0. The molecule has 20 heavy (non-hydrogen) atoms. The summed E-state index contributed by atoms with van der Waals surface area (Å²) in [5.74, 6) is 0. The van der Waals surface area contributed by atoms with E-state index >= 15 is 0 Å². The lowest BCUT2D eigenvalue weighted by molar-refractivity contribution is 1.68. The summed E-state index contributed by atoms with van der Waals surface area (Å²) >= 11 is 7.80. The molecule has 0 aliphatic carbocycles. The van der Waals surface area contributed by atoms with Gasteiger partial charge in [0.25, 0.3) is 0 Å². The van der Waals surface area contributed by atoms with Crippen molar-refractivity contribution in [2.75, 3.05) is 0 Å². The number of fused-ring (bicyclic) bond motifs is 2. The van der Waals surface area contributed by atoms with Crippen LogP contribution in [0.2, 0.25) is 5.02 Å². The number of hydrogen-bond acceptors (Lipinski definition) is 1. The van der Waals surface area contributed by atoms with Crippen molar-refractivity contribution < 1.29 is 0 Å². The molecule has 0 radical (unpaired) electrons. The number of hydrogen-bond donors (Lipinski definition) is 0. The Labute approximate surface area is 126 Å². The molecule has 0 amide bonds. The molecule has 0 fully saturated rings. The van der Waals surface area contributed by atoms with E-state index in [4.69, 9.17) is 11.6 Å². The molecule has 0 atom stereocenters. The quantitative estimate of drug-likeness (QED) is 0.382. The highest BCUT2D eigenvalue weighted by Crippen LogP contribution is 2.38. The number of halogens is 1. The van der Waals surface area contributed by atoms with E-state index < -0.39 is 0 Å². The van der Waals surface area contributed by atoms with Crippen LogP contribution in [-0.2, 0) is 0 Å². The second-order valence-corrected chi connectivity index (χ2v) is 6.20. The second-order valence-electron chi connectivity index (χ2n) is 4.81. The summed E-state index contributed by atoms with van der Waals surface area (Å²) in [6.07, 6.45) is 0. The molecule has 3 aromatic carbocycles. The van der Waals surface area contributed by atoms with Crippen LogP contribution in [0.5, 0.6) is 0 Å². The van der Waals surface area contributed by atoms with Crippen LogP contribution >= 0.6 is 22.9 Å². The standard InChI is InChI=1S/C18H11ClS/c19-14-7-5-12(6-8-14)18-15-4-2-1-3-13(15)11-17-16(18)9-10-20-17/h1-11H. The molecular formula is C18H11ClS. The van der Waals surface area contributed by atoms with Crippen molar-refractivity contribution in [3.05, 3.63) is 71.1 Å². The Morgan fingerprint density at radius 2 is 1.60 bits per heavy atom. The topological polar surface area (TPSA) is 0 Å². The van der Waals surface area contributed by atoms with E-state index in [1.54, 1.807) is 11.3 Å². The predicted molar refractivity (Wildman–Crippen MR) is 89.8 cm³/mol. The molecule has 4 aromatic rings. The van der Waals surface area contributed by atoms with Crippen LogP contribution in [0.1, 0.15) is 0 Å². The molecule has 0 aliphatic heterocycles. The normalized spacial score (nSPS) is 11.2. The van der Waals surface area contributed by atoms with Crippen LogP contribution in [0.15, 0.2) is 66.0 Å². The lowest BCUT2D eigenvalue weighted by atomic mass is 9.95. The summed E-state index contributed by atoms with van der Waals surface area (Å²) in [5, 5.41) is 6.82. The van der Waals surface area contributed by atoms with Crippen LogP contribution in [0, 0.1) is 0 Å². The predicted octanol–water partition coefficient (Wildman–Crippen LogP) is 6.37. The van der Waals surface area contributed by atoms with Gasteiger partial charge >= 0.3 is 0 Å². The average molecular weight is 295 g/mol. The fourth-order valence-corrected chi connectivity index (χ4v) is 3.67. The van der Waals surface area contributed by atoms with Gasteiger partial charge in [-0.1, -0.05) is 48.0 Å². The van der Waals surface area contributed by atoms with Gasteiger partial charge in [0.15, 0.2) is 0 Å². The van der Waals surface area contributed by atoms with Crippen molar-refractivity contribution in [2.24, 2.45) is 0 Å². The highest BCUT2D eigenvalue weighted by Gasteiger charge is 2.10. The smallest absolute Gasteiger partial charge is 0.0406 e. The number of rotatable bonds is 1. The Balaban J connectivity index is 2.17. The lowest BCUT2D eigenvalue weighted by Crippen LogP contribution is -1.82. The van der Waals surface area contributed by atoms with E-state index in [9.17, 15) is 0 Å². The average Bonchev–Trinajstić information content (AvgIpc) is 2.93. The summed E-state index contributed by atoms with van der Waals surface area (Å²) in [7, 11) is 0. The van der Waals surface area contributed by atoms with Gasteiger partial charge in [-0.15, -0.1) is 11.3 Å². The first-order valence-corrected chi connectivity index (χ1v) is 7.73. The van der Waals surface area contributed by atoms with E-state index in [2.05, 4.69) is 53.9 Å². The zero-order valence-corrected chi connectivity index (χ0v) is 12.2. The first kappa shape index (κ1) is 12.0. The number of thiophene rings is 1. The largest absolute Gasteiger partial charge is 0.144 e. The third-order valence-electron chi connectivity index (χ3n) is 3.61. The van der Waals surface area contributed by atoms with Crippen molar-refractivity contribution >= 4 is 43.8 Å². The second kappa shape index (κ2) is 4.62. The molecule has 96 valence electrons. The van der Waals surface area contributed by atoms with Crippen LogP contribution in [-0.4, -0.2) is 0 Å². The van der Waals surface area contributed by atoms with Crippen molar-refractivity contribution in [3.8, 4) is 11.1 Å². The Morgan fingerprint density at radius 3 is 2.45 bits per heavy atom. The molecule has 4 rings (SSSR count). The summed E-state index contributed by atoms with van der Waals surface area (Å²) in [4.78, 5) is 0. The van der Waals surface area contributed by atoms with Gasteiger partial charge in [0.05, 0.1) is 0 Å². The third kappa shape index (κ3) is 1.82.